The number of piperidine rings is 1. The number of carbonyl (C=O) groups excluding carboxylic acids is 1. The summed E-state index contributed by atoms with van der Waals surface area (Å²) in [6.07, 6.45) is 1.90. The van der Waals surface area contributed by atoms with Gasteiger partial charge in [-0.25, -0.2) is 0 Å². The Kier molecular flexibility index (Phi) is 5.01. The molecule has 3 aromatic rings. The van der Waals surface area contributed by atoms with Crippen LogP contribution in [0.4, 0.5) is 0 Å². The molecule has 0 bridgehead atoms. The fraction of sp³-hybridized carbons (Fsp3) is 0.333. The van der Waals surface area contributed by atoms with Crippen LogP contribution in [0.5, 0.6) is 5.75 Å². The van der Waals surface area contributed by atoms with E-state index in [4.69, 9.17) is 4.74 Å². The quantitative estimate of drug-likeness (QED) is 0.727. The molecule has 3 heterocycles. The normalized spacial score (nSPS) is 16.4. The Balaban J connectivity index is 1.24. The summed E-state index contributed by atoms with van der Waals surface area (Å²) in [7, 11) is 1.89. The van der Waals surface area contributed by atoms with Crippen molar-refractivity contribution in [1.82, 2.24) is 20.0 Å². The molecule has 0 radical (unpaired) electrons. The zero-order valence-electron chi connectivity index (χ0n) is 17.2. The van der Waals surface area contributed by atoms with Gasteiger partial charge in [-0.15, -0.1) is 0 Å². The van der Waals surface area contributed by atoms with Crippen LogP contribution in [0.15, 0.2) is 54.6 Å². The molecule has 6 nitrogen and oxygen atoms in total. The average molecular weight is 402 g/mol. The number of nitrogens with one attached hydrogen (secondary N) is 1. The first-order valence-electron chi connectivity index (χ1n) is 10.5. The first-order valence-corrected chi connectivity index (χ1v) is 10.5. The van der Waals surface area contributed by atoms with E-state index in [0.717, 1.165) is 55.0 Å². The number of hydrogen-bond donors (Lipinski definition) is 1. The number of aryl methyl sites for hydroxylation is 1. The smallest absolute Gasteiger partial charge is 0.272 e. The van der Waals surface area contributed by atoms with E-state index < -0.39 is 0 Å². The minimum atomic E-state index is -0.101. The highest BCUT2D eigenvalue weighted by Crippen LogP contribution is 2.38. The molecule has 0 atom stereocenters. The van der Waals surface area contributed by atoms with E-state index in [-0.39, 0.29) is 11.9 Å². The van der Waals surface area contributed by atoms with E-state index in [0.29, 0.717) is 12.3 Å². The van der Waals surface area contributed by atoms with Crippen molar-refractivity contribution < 1.29 is 9.53 Å². The molecule has 1 N–H and O–H groups in total. The van der Waals surface area contributed by atoms with Crippen molar-refractivity contribution in [1.29, 1.82) is 0 Å². The highest BCUT2D eigenvalue weighted by molar-refractivity contribution is 5.96. The zero-order chi connectivity index (χ0) is 20.5. The van der Waals surface area contributed by atoms with Gasteiger partial charge in [0.1, 0.15) is 12.4 Å². The highest BCUT2D eigenvalue weighted by Gasteiger charge is 2.29. The lowest BCUT2D eigenvalue weighted by Crippen LogP contribution is -2.44. The van der Waals surface area contributed by atoms with Gasteiger partial charge in [0, 0.05) is 43.9 Å². The predicted octanol–water partition coefficient (Wildman–Crippen LogP) is 3.37. The van der Waals surface area contributed by atoms with Crippen molar-refractivity contribution in [2.45, 2.75) is 32.0 Å². The van der Waals surface area contributed by atoms with Crippen molar-refractivity contribution in [2.75, 3.05) is 13.1 Å². The van der Waals surface area contributed by atoms with Gasteiger partial charge in [0.25, 0.3) is 5.91 Å². The molecule has 2 aliphatic rings. The molecule has 0 spiro atoms. The average Bonchev–Trinajstić information content (AvgIpc) is 3.13. The van der Waals surface area contributed by atoms with E-state index >= 15 is 0 Å². The molecule has 30 heavy (non-hydrogen) atoms. The third-order valence-corrected chi connectivity index (χ3v) is 6.05. The van der Waals surface area contributed by atoms with Crippen molar-refractivity contribution in [3.8, 4) is 17.0 Å². The number of amides is 1. The van der Waals surface area contributed by atoms with Gasteiger partial charge in [-0.1, -0.05) is 42.5 Å². The fourth-order valence-electron chi connectivity index (χ4n) is 4.49. The van der Waals surface area contributed by atoms with Gasteiger partial charge >= 0.3 is 0 Å². The van der Waals surface area contributed by atoms with Gasteiger partial charge in [0.15, 0.2) is 5.69 Å². The molecule has 0 aliphatic carbocycles. The number of hydrogen-bond acceptors (Lipinski definition) is 4. The Hall–Kier alpha value is -3.12. The maximum absolute atomic E-state index is 13.0. The molecule has 6 heteroatoms. The SMILES string of the molecule is Cn1nc(C(=O)NC2CCN(Cc3ccccc3)CC2)c2c1-c1ccccc1OC2. The molecular weight excluding hydrogens is 376 g/mol. The van der Waals surface area contributed by atoms with E-state index in [1.165, 1.54) is 5.56 Å². The summed E-state index contributed by atoms with van der Waals surface area (Å²) in [6.45, 7) is 3.30. The Morgan fingerprint density at radius 1 is 1.10 bits per heavy atom. The summed E-state index contributed by atoms with van der Waals surface area (Å²) < 4.78 is 7.67. The van der Waals surface area contributed by atoms with Gasteiger partial charge < -0.3 is 10.1 Å². The molecule has 5 rings (SSSR count). The fourth-order valence-corrected chi connectivity index (χ4v) is 4.49. The summed E-state index contributed by atoms with van der Waals surface area (Å²) in [5, 5.41) is 7.75. The van der Waals surface area contributed by atoms with Crippen LogP contribution < -0.4 is 10.1 Å². The monoisotopic (exact) mass is 402 g/mol. The van der Waals surface area contributed by atoms with Gasteiger partial charge in [0.2, 0.25) is 0 Å². The van der Waals surface area contributed by atoms with Gasteiger partial charge in [-0.3, -0.25) is 14.4 Å². The Morgan fingerprint density at radius 2 is 1.83 bits per heavy atom. The van der Waals surface area contributed by atoms with E-state index in [1.807, 2.05) is 37.4 Å². The standard InChI is InChI=1S/C24H26N4O2/c1-27-23-19-9-5-6-10-21(19)30-16-20(23)22(26-27)24(29)25-18-11-13-28(14-12-18)15-17-7-3-2-4-8-17/h2-10,18H,11-16H2,1H3,(H,25,29). The molecular formula is C24H26N4O2. The first-order chi connectivity index (χ1) is 14.7. The number of ether oxygens (including phenoxy) is 1. The predicted molar refractivity (Wildman–Crippen MR) is 115 cm³/mol. The van der Waals surface area contributed by atoms with Crippen LogP contribution in [-0.4, -0.2) is 39.7 Å². The van der Waals surface area contributed by atoms with Crippen molar-refractivity contribution in [3.63, 3.8) is 0 Å². The van der Waals surface area contributed by atoms with E-state index in [1.54, 1.807) is 4.68 Å². The van der Waals surface area contributed by atoms with Gasteiger partial charge in [-0.05, 0) is 30.5 Å². The van der Waals surface area contributed by atoms with Crippen LogP contribution >= 0.6 is 0 Å². The Morgan fingerprint density at radius 3 is 2.63 bits per heavy atom. The number of nitrogens with zero attached hydrogens (tertiary/aromatic N) is 3. The summed E-state index contributed by atoms with van der Waals surface area (Å²) in [4.78, 5) is 15.5. The van der Waals surface area contributed by atoms with Crippen LogP contribution in [0.25, 0.3) is 11.3 Å². The van der Waals surface area contributed by atoms with Crippen molar-refractivity contribution in [3.05, 3.63) is 71.4 Å². The lowest BCUT2D eigenvalue weighted by Gasteiger charge is -2.32. The van der Waals surface area contributed by atoms with Crippen LogP contribution in [-0.2, 0) is 20.2 Å². The van der Waals surface area contributed by atoms with Crippen molar-refractivity contribution >= 4 is 5.91 Å². The summed E-state index contributed by atoms with van der Waals surface area (Å²) >= 11 is 0. The van der Waals surface area contributed by atoms with E-state index in [2.05, 4.69) is 39.6 Å². The minimum absolute atomic E-state index is 0.101. The van der Waals surface area contributed by atoms with Crippen LogP contribution in [0.2, 0.25) is 0 Å². The number of para-hydroxylation sites is 1. The Bertz CT molecular complexity index is 1050. The molecule has 154 valence electrons. The molecule has 2 aromatic carbocycles. The third kappa shape index (κ3) is 3.59. The molecule has 1 fully saturated rings. The maximum atomic E-state index is 13.0. The lowest BCUT2D eigenvalue weighted by molar-refractivity contribution is 0.0900. The summed E-state index contributed by atoms with van der Waals surface area (Å²) in [5.41, 5.74) is 4.64. The number of benzene rings is 2. The second-order valence-corrected chi connectivity index (χ2v) is 8.09. The second-order valence-electron chi connectivity index (χ2n) is 8.09. The van der Waals surface area contributed by atoms with Gasteiger partial charge in [-0.2, -0.15) is 5.10 Å². The highest BCUT2D eigenvalue weighted by atomic mass is 16.5. The minimum Gasteiger partial charge on any atom is -0.488 e. The topological polar surface area (TPSA) is 59.4 Å². The number of carbonyl (C=O) groups is 1. The molecule has 1 saturated heterocycles. The largest absolute Gasteiger partial charge is 0.488 e. The van der Waals surface area contributed by atoms with E-state index in [9.17, 15) is 4.79 Å². The van der Waals surface area contributed by atoms with Crippen LogP contribution in [0, 0.1) is 0 Å². The second kappa shape index (κ2) is 7.95. The van der Waals surface area contributed by atoms with Crippen LogP contribution in [0.1, 0.15) is 34.5 Å². The number of fused-ring (bicyclic) bond motifs is 3. The number of aromatic nitrogens is 2. The number of rotatable bonds is 4. The maximum Gasteiger partial charge on any atom is 0.272 e. The first kappa shape index (κ1) is 18.9. The van der Waals surface area contributed by atoms with Crippen molar-refractivity contribution in [2.24, 2.45) is 7.05 Å². The summed E-state index contributed by atoms with van der Waals surface area (Å²) in [6, 6.07) is 18.6. The summed E-state index contributed by atoms with van der Waals surface area (Å²) in [5.74, 6) is 0.738. The molecule has 0 saturated carbocycles. The molecule has 2 aliphatic heterocycles. The number of likely N-dealkylation sites (tertiary alicyclic amines) is 1. The molecule has 1 amide bonds. The van der Waals surface area contributed by atoms with Gasteiger partial charge in [0.05, 0.1) is 5.69 Å². The molecule has 1 aromatic heterocycles. The third-order valence-electron chi connectivity index (χ3n) is 6.05. The van der Waals surface area contributed by atoms with Crippen LogP contribution in [0.3, 0.4) is 0 Å². The molecule has 0 unspecified atom stereocenters. The lowest BCUT2D eigenvalue weighted by atomic mass is 10.0. The Labute approximate surface area is 176 Å². The zero-order valence-corrected chi connectivity index (χ0v) is 17.2.